The molecule has 0 aromatic heterocycles. The smallest absolute Gasteiger partial charge is 0.243 e. The molecule has 0 heterocycles. The van der Waals surface area contributed by atoms with E-state index in [4.69, 9.17) is 0 Å². The van der Waals surface area contributed by atoms with E-state index in [1.54, 1.807) is 24.3 Å². The number of hydrogen-bond donors (Lipinski definition) is 2. The summed E-state index contributed by atoms with van der Waals surface area (Å²) in [7, 11) is 0. The standard InChI is InChI=1S/C14H12F2N2O/c15-10-6-7-13(12(16)8-10)17-9-14(19)18-11-4-2-1-3-5-11/h1-8,17H,9H2,(H,18,19). The SMILES string of the molecule is O=C(CNc1ccc(F)cc1F)Nc1ccccc1. The van der Waals surface area contributed by atoms with Crippen LogP contribution in [0, 0.1) is 11.6 Å². The summed E-state index contributed by atoms with van der Waals surface area (Å²) < 4.78 is 26.0. The molecular formula is C14H12F2N2O. The van der Waals surface area contributed by atoms with Crippen LogP contribution >= 0.6 is 0 Å². The number of amides is 1. The monoisotopic (exact) mass is 262 g/mol. The number of nitrogens with one attached hydrogen (secondary N) is 2. The van der Waals surface area contributed by atoms with Gasteiger partial charge in [-0.05, 0) is 24.3 Å². The van der Waals surface area contributed by atoms with Crippen LogP contribution in [0.1, 0.15) is 0 Å². The van der Waals surface area contributed by atoms with Crippen LogP contribution in [0.2, 0.25) is 0 Å². The number of para-hydroxylation sites is 1. The molecule has 2 N–H and O–H groups in total. The van der Waals surface area contributed by atoms with Gasteiger partial charge < -0.3 is 10.6 Å². The Morgan fingerprint density at radius 1 is 1.05 bits per heavy atom. The Kier molecular flexibility index (Phi) is 4.07. The predicted octanol–water partition coefficient (Wildman–Crippen LogP) is 3.02. The molecule has 0 aliphatic carbocycles. The Morgan fingerprint density at radius 3 is 2.47 bits per heavy atom. The third kappa shape index (κ3) is 3.77. The van der Waals surface area contributed by atoms with E-state index in [9.17, 15) is 13.6 Å². The van der Waals surface area contributed by atoms with E-state index >= 15 is 0 Å². The van der Waals surface area contributed by atoms with Crippen molar-refractivity contribution in [1.29, 1.82) is 0 Å². The quantitative estimate of drug-likeness (QED) is 0.889. The summed E-state index contributed by atoms with van der Waals surface area (Å²) in [5.41, 5.74) is 0.749. The zero-order chi connectivity index (χ0) is 13.7. The largest absolute Gasteiger partial charge is 0.374 e. The number of rotatable bonds is 4. The maximum Gasteiger partial charge on any atom is 0.243 e. The van der Waals surface area contributed by atoms with Gasteiger partial charge in [0.25, 0.3) is 0 Å². The maximum absolute atomic E-state index is 13.3. The van der Waals surface area contributed by atoms with Gasteiger partial charge in [-0.1, -0.05) is 18.2 Å². The van der Waals surface area contributed by atoms with Gasteiger partial charge in [0.05, 0.1) is 12.2 Å². The summed E-state index contributed by atoms with van der Waals surface area (Å²) in [5, 5.41) is 5.25. The molecule has 0 saturated carbocycles. The highest BCUT2D eigenvalue weighted by Gasteiger charge is 2.06. The number of carbonyl (C=O) groups excluding carboxylic acids is 1. The molecule has 2 rings (SSSR count). The Labute approximate surface area is 109 Å². The molecule has 0 fully saturated rings. The van der Waals surface area contributed by atoms with Crippen molar-refractivity contribution in [2.24, 2.45) is 0 Å². The van der Waals surface area contributed by atoms with Crippen LogP contribution in [0.25, 0.3) is 0 Å². The molecule has 3 nitrogen and oxygen atoms in total. The van der Waals surface area contributed by atoms with E-state index in [1.165, 1.54) is 6.07 Å². The van der Waals surface area contributed by atoms with Crippen LogP contribution in [0.3, 0.4) is 0 Å². The molecule has 1 amide bonds. The predicted molar refractivity (Wildman–Crippen MR) is 69.9 cm³/mol. The van der Waals surface area contributed by atoms with Crippen molar-refractivity contribution in [3.8, 4) is 0 Å². The molecular weight excluding hydrogens is 250 g/mol. The van der Waals surface area contributed by atoms with Crippen molar-refractivity contribution in [3.05, 3.63) is 60.2 Å². The Morgan fingerprint density at radius 2 is 1.79 bits per heavy atom. The molecule has 0 aliphatic heterocycles. The molecule has 19 heavy (non-hydrogen) atoms. The molecule has 0 atom stereocenters. The number of benzene rings is 2. The summed E-state index contributed by atoms with van der Waals surface area (Å²) in [6.45, 7) is -0.0998. The first-order chi connectivity index (χ1) is 9.15. The fourth-order valence-electron chi connectivity index (χ4n) is 1.54. The molecule has 0 aliphatic rings. The van der Waals surface area contributed by atoms with Gasteiger partial charge in [-0.25, -0.2) is 8.78 Å². The fraction of sp³-hybridized carbons (Fsp3) is 0.0714. The van der Waals surface area contributed by atoms with Gasteiger partial charge >= 0.3 is 0 Å². The van der Waals surface area contributed by atoms with Gasteiger partial charge in [0.1, 0.15) is 11.6 Å². The Balaban J connectivity index is 1.90. The normalized spacial score (nSPS) is 10.0. The van der Waals surface area contributed by atoms with Crippen molar-refractivity contribution in [2.45, 2.75) is 0 Å². The fourth-order valence-corrected chi connectivity index (χ4v) is 1.54. The van der Waals surface area contributed by atoms with Crippen molar-refractivity contribution in [1.82, 2.24) is 0 Å². The lowest BCUT2D eigenvalue weighted by Crippen LogP contribution is -2.22. The number of hydrogen-bond acceptors (Lipinski definition) is 2. The lowest BCUT2D eigenvalue weighted by Gasteiger charge is -2.08. The maximum atomic E-state index is 13.3. The average molecular weight is 262 g/mol. The van der Waals surface area contributed by atoms with Crippen molar-refractivity contribution in [2.75, 3.05) is 17.2 Å². The summed E-state index contributed by atoms with van der Waals surface area (Å²) >= 11 is 0. The third-order valence-corrected chi connectivity index (χ3v) is 2.43. The summed E-state index contributed by atoms with van der Waals surface area (Å²) in [6, 6.07) is 12.1. The first kappa shape index (κ1) is 13.0. The average Bonchev–Trinajstić information content (AvgIpc) is 2.39. The third-order valence-electron chi connectivity index (χ3n) is 2.43. The van der Waals surface area contributed by atoms with Gasteiger partial charge in [0, 0.05) is 11.8 Å². The number of carbonyl (C=O) groups is 1. The van der Waals surface area contributed by atoms with Crippen LogP contribution in [0.5, 0.6) is 0 Å². The zero-order valence-corrected chi connectivity index (χ0v) is 9.99. The van der Waals surface area contributed by atoms with Gasteiger partial charge in [-0.3, -0.25) is 4.79 Å². The van der Waals surface area contributed by atoms with E-state index in [0.717, 1.165) is 12.1 Å². The van der Waals surface area contributed by atoms with Gasteiger partial charge in [-0.2, -0.15) is 0 Å². The molecule has 2 aromatic carbocycles. The number of anilines is 2. The lowest BCUT2D eigenvalue weighted by atomic mass is 10.3. The topological polar surface area (TPSA) is 41.1 Å². The highest BCUT2D eigenvalue weighted by molar-refractivity contribution is 5.93. The minimum Gasteiger partial charge on any atom is -0.374 e. The van der Waals surface area contributed by atoms with Crippen molar-refractivity contribution in [3.63, 3.8) is 0 Å². The van der Waals surface area contributed by atoms with Gasteiger partial charge in [0.2, 0.25) is 5.91 Å². The Hall–Kier alpha value is -2.43. The summed E-state index contributed by atoms with van der Waals surface area (Å²) in [4.78, 5) is 11.6. The molecule has 98 valence electrons. The van der Waals surface area contributed by atoms with Gasteiger partial charge in [-0.15, -0.1) is 0 Å². The Bertz CT molecular complexity index is 573. The van der Waals surface area contributed by atoms with Crippen molar-refractivity contribution >= 4 is 17.3 Å². The van der Waals surface area contributed by atoms with Crippen LogP contribution in [-0.4, -0.2) is 12.5 Å². The van der Waals surface area contributed by atoms with E-state index < -0.39 is 11.6 Å². The molecule has 0 saturated heterocycles. The van der Waals surface area contributed by atoms with E-state index in [-0.39, 0.29) is 18.1 Å². The molecule has 0 spiro atoms. The molecule has 0 radical (unpaired) electrons. The van der Waals surface area contributed by atoms with E-state index in [1.807, 2.05) is 6.07 Å². The molecule has 5 heteroatoms. The van der Waals surface area contributed by atoms with Crippen LogP contribution < -0.4 is 10.6 Å². The summed E-state index contributed by atoms with van der Waals surface area (Å²) in [5.74, 6) is -1.70. The first-order valence-electron chi connectivity index (χ1n) is 5.69. The second kappa shape index (κ2) is 5.95. The zero-order valence-electron chi connectivity index (χ0n) is 9.99. The molecule has 2 aromatic rings. The minimum atomic E-state index is -0.729. The molecule has 0 bridgehead atoms. The van der Waals surface area contributed by atoms with E-state index in [2.05, 4.69) is 10.6 Å². The lowest BCUT2D eigenvalue weighted by molar-refractivity contribution is -0.114. The van der Waals surface area contributed by atoms with Crippen LogP contribution in [-0.2, 0) is 4.79 Å². The first-order valence-corrected chi connectivity index (χ1v) is 5.69. The highest BCUT2D eigenvalue weighted by Crippen LogP contribution is 2.14. The second-order valence-corrected chi connectivity index (χ2v) is 3.89. The molecule has 0 unspecified atom stereocenters. The van der Waals surface area contributed by atoms with Crippen molar-refractivity contribution < 1.29 is 13.6 Å². The van der Waals surface area contributed by atoms with E-state index in [0.29, 0.717) is 5.69 Å². The van der Waals surface area contributed by atoms with Crippen LogP contribution in [0.15, 0.2) is 48.5 Å². The number of halogens is 2. The van der Waals surface area contributed by atoms with Gasteiger partial charge in [0.15, 0.2) is 0 Å². The highest BCUT2D eigenvalue weighted by atomic mass is 19.1. The van der Waals surface area contributed by atoms with Crippen LogP contribution in [0.4, 0.5) is 20.2 Å². The minimum absolute atomic E-state index is 0.0876. The second-order valence-electron chi connectivity index (χ2n) is 3.89. The summed E-state index contributed by atoms with van der Waals surface area (Å²) in [6.07, 6.45) is 0.